The summed E-state index contributed by atoms with van der Waals surface area (Å²) >= 11 is 3.36. The molecule has 134 valence electrons. The molecule has 0 saturated carbocycles. The minimum Gasteiger partial charge on any atom is -0.507 e. The summed E-state index contributed by atoms with van der Waals surface area (Å²) in [6.45, 7) is 3.14. The SMILES string of the molecule is CCCCC1CSc2cc(O)c(SC)cc2N(c2ccc(F)cc2)C1. The summed E-state index contributed by atoms with van der Waals surface area (Å²) in [5.41, 5.74) is 2.11. The zero-order chi connectivity index (χ0) is 17.8. The maximum absolute atomic E-state index is 13.4. The summed E-state index contributed by atoms with van der Waals surface area (Å²) in [5, 5.41) is 10.3. The van der Waals surface area contributed by atoms with E-state index in [1.165, 1.54) is 31.4 Å². The largest absolute Gasteiger partial charge is 0.507 e. The van der Waals surface area contributed by atoms with E-state index in [1.54, 1.807) is 11.8 Å². The van der Waals surface area contributed by atoms with E-state index in [4.69, 9.17) is 0 Å². The molecular formula is C20H24FNOS2. The Hall–Kier alpha value is -1.33. The van der Waals surface area contributed by atoms with Crippen molar-refractivity contribution >= 4 is 34.9 Å². The first-order valence-electron chi connectivity index (χ1n) is 8.69. The molecule has 0 amide bonds. The van der Waals surface area contributed by atoms with Crippen molar-refractivity contribution in [2.45, 2.75) is 36.0 Å². The number of anilines is 2. The summed E-state index contributed by atoms with van der Waals surface area (Å²) in [7, 11) is 0. The van der Waals surface area contributed by atoms with Gasteiger partial charge in [-0.3, -0.25) is 0 Å². The number of aromatic hydroxyl groups is 1. The number of hydrogen-bond donors (Lipinski definition) is 1. The van der Waals surface area contributed by atoms with Crippen LogP contribution in [0.15, 0.2) is 46.2 Å². The van der Waals surface area contributed by atoms with Crippen LogP contribution < -0.4 is 4.90 Å². The lowest BCUT2D eigenvalue weighted by Crippen LogP contribution is -2.25. The first-order chi connectivity index (χ1) is 12.1. The van der Waals surface area contributed by atoms with Crippen LogP contribution in [0.4, 0.5) is 15.8 Å². The van der Waals surface area contributed by atoms with E-state index < -0.39 is 0 Å². The number of hydrogen-bond acceptors (Lipinski definition) is 4. The minimum atomic E-state index is -0.216. The number of phenols is 1. The van der Waals surface area contributed by atoms with Crippen molar-refractivity contribution in [1.29, 1.82) is 0 Å². The Labute approximate surface area is 157 Å². The smallest absolute Gasteiger partial charge is 0.130 e. The van der Waals surface area contributed by atoms with Crippen molar-refractivity contribution in [3.8, 4) is 5.75 Å². The van der Waals surface area contributed by atoms with Crippen molar-refractivity contribution in [2.75, 3.05) is 23.5 Å². The van der Waals surface area contributed by atoms with Crippen LogP contribution in [0.25, 0.3) is 0 Å². The molecule has 2 aromatic carbocycles. The Balaban J connectivity index is 2.02. The van der Waals surface area contributed by atoms with Crippen molar-refractivity contribution in [3.63, 3.8) is 0 Å². The molecule has 1 aliphatic rings. The third-order valence-electron chi connectivity index (χ3n) is 4.57. The first kappa shape index (κ1) is 18.5. The van der Waals surface area contributed by atoms with Crippen LogP contribution in [-0.4, -0.2) is 23.7 Å². The van der Waals surface area contributed by atoms with E-state index in [1.807, 2.05) is 36.2 Å². The van der Waals surface area contributed by atoms with E-state index in [-0.39, 0.29) is 5.82 Å². The Morgan fingerprint density at radius 1 is 1.28 bits per heavy atom. The summed E-state index contributed by atoms with van der Waals surface area (Å²) < 4.78 is 13.4. The van der Waals surface area contributed by atoms with Crippen molar-refractivity contribution in [3.05, 3.63) is 42.2 Å². The lowest BCUT2D eigenvalue weighted by atomic mass is 10.0. The van der Waals surface area contributed by atoms with Crippen molar-refractivity contribution < 1.29 is 9.50 Å². The first-order valence-corrected chi connectivity index (χ1v) is 10.9. The second-order valence-electron chi connectivity index (χ2n) is 6.40. The van der Waals surface area contributed by atoms with E-state index >= 15 is 0 Å². The van der Waals surface area contributed by atoms with Crippen LogP contribution >= 0.6 is 23.5 Å². The number of nitrogens with zero attached hydrogens (tertiary/aromatic N) is 1. The van der Waals surface area contributed by atoms with Gasteiger partial charge in [-0.15, -0.1) is 23.5 Å². The predicted molar refractivity (Wildman–Crippen MR) is 107 cm³/mol. The Morgan fingerprint density at radius 3 is 2.72 bits per heavy atom. The molecule has 1 N–H and O–H groups in total. The second kappa shape index (κ2) is 8.37. The summed E-state index contributed by atoms with van der Waals surface area (Å²) in [5.74, 6) is 1.74. The molecule has 1 heterocycles. The highest BCUT2D eigenvalue weighted by molar-refractivity contribution is 7.99. The van der Waals surface area contributed by atoms with Gasteiger partial charge in [0.2, 0.25) is 0 Å². The molecule has 0 aromatic heterocycles. The van der Waals surface area contributed by atoms with Gasteiger partial charge in [-0.1, -0.05) is 19.8 Å². The van der Waals surface area contributed by atoms with Crippen LogP contribution in [0.3, 0.4) is 0 Å². The number of unbranched alkanes of at least 4 members (excludes halogenated alkanes) is 1. The van der Waals surface area contributed by atoms with Crippen LogP contribution in [0.1, 0.15) is 26.2 Å². The highest BCUT2D eigenvalue weighted by Gasteiger charge is 2.25. The summed E-state index contributed by atoms with van der Waals surface area (Å²) in [4.78, 5) is 4.26. The Morgan fingerprint density at radius 2 is 2.04 bits per heavy atom. The van der Waals surface area contributed by atoms with Crippen molar-refractivity contribution in [1.82, 2.24) is 0 Å². The lowest BCUT2D eigenvalue weighted by Gasteiger charge is -2.28. The standard InChI is InChI=1S/C20H24FNOS2/c1-3-4-5-14-12-22(16-8-6-15(21)7-9-16)17-10-20(24-2)18(23)11-19(17)25-13-14/h6-11,14,23H,3-5,12-13H2,1-2H3. The van der Waals surface area contributed by atoms with Crippen LogP contribution in [-0.2, 0) is 0 Å². The van der Waals surface area contributed by atoms with E-state index in [2.05, 4.69) is 17.9 Å². The summed E-state index contributed by atoms with van der Waals surface area (Å²) in [6.07, 6.45) is 5.58. The van der Waals surface area contributed by atoms with Gasteiger partial charge in [0.1, 0.15) is 11.6 Å². The number of rotatable bonds is 5. The van der Waals surface area contributed by atoms with Gasteiger partial charge in [-0.05, 0) is 55.0 Å². The molecule has 0 saturated heterocycles. The van der Waals surface area contributed by atoms with Gasteiger partial charge >= 0.3 is 0 Å². The molecule has 1 unspecified atom stereocenters. The molecule has 1 aliphatic heterocycles. The zero-order valence-electron chi connectivity index (χ0n) is 14.7. The number of phenolic OH excluding ortho intramolecular Hbond substituents is 1. The molecule has 25 heavy (non-hydrogen) atoms. The Kier molecular flexibility index (Phi) is 6.18. The normalized spacial score (nSPS) is 17.2. The van der Waals surface area contributed by atoms with E-state index in [0.29, 0.717) is 11.7 Å². The van der Waals surface area contributed by atoms with Crippen LogP contribution in [0.5, 0.6) is 5.75 Å². The molecule has 0 aliphatic carbocycles. The monoisotopic (exact) mass is 377 g/mol. The van der Waals surface area contributed by atoms with Gasteiger partial charge < -0.3 is 10.0 Å². The fraction of sp³-hybridized carbons (Fsp3) is 0.400. The molecule has 0 spiro atoms. The fourth-order valence-electron chi connectivity index (χ4n) is 3.18. The molecule has 2 aromatic rings. The topological polar surface area (TPSA) is 23.5 Å². The molecule has 0 bridgehead atoms. The quantitative estimate of drug-likeness (QED) is 0.617. The van der Waals surface area contributed by atoms with Gasteiger partial charge in [-0.2, -0.15) is 0 Å². The average molecular weight is 378 g/mol. The van der Waals surface area contributed by atoms with Gasteiger partial charge in [0, 0.05) is 22.9 Å². The van der Waals surface area contributed by atoms with Gasteiger partial charge in [0.15, 0.2) is 0 Å². The fourth-order valence-corrected chi connectivity index (χ4v) is 4.88. The molecule has 2 nitrogen and oxygen atoms in total. The lowest BCUT2D eigenvalue weighted by molar-refractivity contribution is 0.461. The van der Waals surface area contributed by atoms with Gasteiger partial charge in [0.25, 0.3) is 0 Å². The molecular weight excluding hydrogens is 353 g/mol. The van der Waals surface area contributed by atoms with E-state index in [0.717, 1.165) is 33.5 Å². The maximum Gasteiger partial charge on any atom is 0.130 e. The molecule has 5 heteroatoms. The highest BCUT2D eigenvalue weighted by Crippen LogP contribution is 2.45. The molecule has 0 fully saturated rings. The van der Waals surface area contributed by atoms with Gasteiger partial charge in [-0.25, -0.2) is 4.39 Å². The second-order valence-corrected chi connectivity index (χ2v) is 8.31. The Bertz CT molecular complexity index is 720. The third-order valence-corrected chi connectivity index (χ3v) is 6.61. The third kappa shape index (κ3) is 4.26. The molecule has 3 rings (SSSR count). The highest BCUT2D eigenvalue weighted by atomic mass is 32.2. The number of halogens is 1. The zero-order valence-corrected chi connectivity index (χ0v) is 16.3. The number of thioether (sulfide) groups is 2. The number of benzene rings is 2. The van der Waals surface area contributed by atoms with Crippen LogP contribution in [0.2, 0.25) is 0 Å². The minimum absolute atomic E-state index is 0.216. The van der Waals surface area contributed by atoms with Crippen LogP contribution in [0, 0.1) is 11.7 Å². The maximum atomic E-state index is 13.4. The predicted octanol–water partition coefficient (Wildman–Crippen LogP) is 6.30. The number of fused-ring (bicyclic) bond motifs is 1. The molecule has 0 radical (unpaired) electrons. The van der Waals surface area contributed by atoms with E-state index in [9.17, 15) is 9.50 Å². The summed E-state index contributed by atoms with van der Waals surface area (Å²) in [6, 6.07) is 10.7. The molecule has 1 atom stereocenters. The average Bonchev–Trinajstić information content (AvgIpc) is 2.79. The van der Waals surface area contributed by atoms with Crippen molar-refractivity contribution in [2.24, 2.45) is 5.92 Å². The van der Waals surface area contributed by atoms with Gasteiger partial charge in [0.05, 0.1) is 10.6 Å².